The van der Waals surface area contributed by atoms with Crippen molar-refractivity contribution in [2.75, 3.05) is 0 Å². The predicted molar refractivity (Wildman–Crippen MR) is 131 cm³/mol. The van der Waals surface area contributed by atoms with E-state index >= 15 is 0 Å². The minimum atomic E-state index is -0.184. The maximum atomic E-state index is 13.9. The minimum absolute atomic E-state index is 0.0151. The monoisotopic (exact) mass is 440 g/mol. The fourth-order valence-corrected chi connectivity index (χ4v) is 10.3. The van der Waals surface area contributed by atoms with Gasteiger partial charge in [0, 0.05) is 17.3 Å². The van der Waals surface area contributed by atoms with E-state index in [1.807, 2.05) is 0 Å². The van der Waals surface area contributed by atoms with Crippen LogP contribution in [0, 0.1) is 50.2 Å². The van der Waals surface area contributed by atoms with Gasteiger partial charge in [0.05, 0.1) is 6.10 Å². The summed E-state index contributed by atoms with van der Waals surface area (Å²) in [5.74, 6) is 2.13. The molecule has 0 radical (unpaired) electrons. The molecule has 0 amide bonds. The molecule has 0 heterocycles. The lowest BCUT2D eigenvalue weighted by Gasteiger charge is -2.71. The van der Waals surface area contributed by atoms with E-state index in [2.05, 4.69) is 61.5 Å². The first-order valence-corrected chi connectivity index (χ1v) is 13.5. The Morgan fingerprint density at radius 3 is 2.25 bits per heavy atom. The van der Waals surface area contributed by atoms with Gasteiger partial charge in [0.25, 0.3) is 0 Å². The van der Waals surface area contributed by atoms with Crippen molar-refractivity contribution in [1.82, 2.24) is 0 Å². The zero-order valence-electron chi connectivity index (χ0n) is 22.1. The Morgan fingerprint density at radius 1 is 0.875 bits per heavy atom. The highest BCUT2D eigenvalue weighted by atomic mass is 16.3. The SMILES string of the molecule is CC1(C)CC[C@]2(C)C(=O)C[C@]3(C)C(=CC[C@@H]4[C@@]5(C)CC[C@H](O)C(C)(C)[C@@H]5CC[C@]43C)[C@@H]2C1. The van der Waals surface area contributed by atoms with Crippen LogP contribution < -0.4 is 0 Å². The highest BCUT2D eigenvalue weighted by molar-refractivity contribution is 5.88. The molecule has 8 atom stereocenters. The molecule has 1 N–H and O–H groups in total. The van der Waals surface area contributed by atoms with Crippen molar-refractivity contribution >= 4 is 5.78 Å². The van der Waals surface area contributed by atoms with Crippen molar-refractivity contribution in [3.05, 3.63) is 11.6 Å². The van der Waals surface area contributed by atoms with E-state index in [-0.39, 0.29) is 33.2 Å². The second kappa shape index (κ2) is 6.52. The van der Waals surface area contributed by atoms with Crippen LogP contribution in [0.4, 0.5) is 0 Å². The molecular weight excluding hydrogens is 392 g/mol. The van der Waals surface area contributed by atoms with E-state index in [1.54, 1.807) is 5.57 Å². The van der Waals surface area contributed by atoms with Gasteiger partial charge in [0.2, 0.25) is 0 Å². The van der Waals surface area contributed by atoms with Gasteiger partial charge in [-0.2, -0.15) is 0 Å². The standard InChI is InChI=1S/C30H48O2/c1-25(2)15-16-27(5)20(17-25)19-9-10-22-28(6)13-12-23(31)26(3,4)21(28)11-14-29(22,7)30(19,8)18-24(27)32/h9,20-23,31H,10-18H2,1-8H3/t20-,21-,22+,23-,27-,28-,29+,30+/m0/s1. The zero-order valence-corrected chi connectivity index (χ0v) is 22.1. The van der Waals surface area contributed by atoms with E-state index < -0.39 is 0 Å². The Hall–Kier alpha value is -0.630. The number of hydrogen-bond donors (Lipinski definition) is 1. The van der Waals surface area contributed by atoms with Gasteiger partial charge in [-0.1, -0.05) is 67.0 Å². The van der Waals surface area contributed by atoms with Crippen LogP contribution in [0.15, 0.2) is 11.6 Å². The van der Waals surface area contributed by atoms with Gasteiger partial charge >= 0.3 is 0 Å². The average molecular weight is 441 g/mol. The molecule has 0 aliphatic heterocycles. The van der Waals surface area contributed by atoms with Crippen molar-refractivity contribution < 1.29 is 9.90 Å². The summed E-state index contributed by atoms with van der Waals surface area (Å²) < 4.78 is 0. The first-order valence-electron chi connectivity index (χ1n) is 13.5. The van der Waals surface area contributed by atoms with Gasteiger partial charge in [0.1, 0.15) is 5.78 Å². The molecule has 32 heavy (non-hydrogen) atoms. The first kappa shape index (κ1) is 23.1. The van der Waals surface area contributed by atoms with E-state index in [4.69, 9.17) is 0 Å². The quantitative estimate of drug-likeness (QED) is 0.400. The van der Waals surface area contributed by atoms with E-state index in [0.29, 0.717) is 29.0 Å². The van der Waals surface area contributed by atoms with Crippen LogP contribution in [-0.2, 0) is 4.79 Å². The number of carbonyl (C=O) groups excluding carboxylic acids is 1. The highest BCUT2D eigenvalue weighted by Crippen LogP contribution is 2.75. The summed E-state index contributed by atoms with van der Waals surface area (Å²) in [6, 6.07) is 0. The molecule has 5 rings (SSSR count). The number of allylic oxidation sites excluding steroid dienone is 2. The van der Waals surface area contributed by atoms with Crippen LogP contribution >= 0.6 is 0 Å². The molecular formula is C30H48O2. The lowest BCUT2D eigenvalue weighted by molar-refractivity contribution is -0.202. The molecule has 0 saturated heterocycles. The van der Waals surface area contributed by atoms with Gasteiger partial charge in [-0.25, -0.2) is 0 Å². The summed E-state index contributed by atoms with van der Waals surface area (Å²) in [5.41, 5.74) is 2.21. The van der Waals surface area contributed by atoms with Gasteiger partial charge in [0.15, 0.2) is 0 Å². The third-order valence-corrected chi connectivity index (χ3v) is 12.9. The summed E-state index contributed by atoms with van der Waals surface area (Å²) in [5, 5.41) is 10.9. The van der Waals surface area contributed by atoms with Crippen molar-refractivity contribution in [1.29, 1.82) is 0 Å². The molecule has 5 aliphatic rings. The molecule has 0 unspecified atom stereocenters. The van der Waals surface area contributed by atoms with Crippen LogP contribution in [0.25, 0.3) is 0 Å². The Labute approximate surface area is 197 Å². The molecule has 0 aromatic carbocycles. The third-order valence-electron chi connectivity index (χ3n) is 12.9. The zero-order chi connectivity index (χ0) is 23.5. The molecule has 4 saturated carbocycles. The fraction of sp³-hybridized carbons (Fsp3) is 0.900. The van der Waals surface area contributed by atoms with E-state index in [1.165, 1.54) is 25.7 Å². The molecule has 0 bridgehead atoms. The molecule has 2 heteroatoms. The van der Waals surface area contributed by atoms with Crippen LogP contribution in [0.3, 0.4) is 0 Å². The number of fused-ring (bicyclic) bond motifs is 7. The Kier molecular flexibility index (Phi) is 4.71. The Balaban J connectivity index is 1.61. The second-order valence-electron chi connectivity index (χ2n) is 15.1. The molecule has 2 nitrogen and oxygen atoms in total. The van der Waals surface area contributed by atoms with Gasteiger partial charge in [-0.3, -0.25) is 4.79 Å². The summed E-state index contributed by atoms with van der Waals surface area (Å²) in [4.78, 5) is 13.9. The van der Waals surface area contributed by atoms with Gasteiger partial charge in [-0.15, -0.1) is 0 Å². The molecule has 4 fully saturated rings. The summed E-state index contributed by atoms with van der Waals surface area (Å²) in [7, 11) is 0. The number of hydrogen-bond acceptors (Lipinski definition) is 2. The predicted octanol–water partition coefficient (Wildman–Crippen LogP) is 7.35. The summed E-state index contributed by atoms with van der Waals surface area (Å²) in [6.45, 7) is 19.4. The third kappa shape index (κ3) is 2.65. The smallest absolute Gasteiger partial charge is 0.140 e. The first-order chi connectivity index (χ1) is 14.6. The number of aliphatic hydroxyl groups is 1. The largest absolute Gasteiger partial charge is 0.393 e. The lowest BCUT2D eigenvalue weighted by Crippen LogP contribution is -2.65. The van der Waals surface area contributed by atoms with Crippen LogP contribution in [0.1, 0.15) is 113 Å². The van der Waals surface area contributed by atoms with Crippen LogP contribution in [0.2, 0.25) is 0 Å². The number of Topliss-reactive ketones (excluding diaryl/α,β-unsaturated/α-hetero) is 1. The van der Waals surface area contributed by atoms with Crippen LogP contribution in [0.5, 0.6) is 0 Å². The molecule has 0 aromatic rings. The topological polar surface area (TPSA) is 37.3 Å². The normalized spacial score (nSPS) is 53.9. The Bertz CT molecular complexity index is 866. The van der Waals surface area contributed by atoms with Gasteiger partial charge in [-0.05, 0) is 90.8 Å². The van der Waals surface area contributed by atoms with Crippen molar-refractivity contribution in [2.45, 2.75) is 119 Å². The number of aliphatic hydroxyl groups excluding tert-OH is 1. The molecule has 0 spiro atoms. The van der Waals surface area contributed by atoms with Crippen molar-refractivity contribution in [3.8, 4) is 0 Å². The van der Waals surface area contributed by atoms with E-state index in [0.717, 1.165) is 32.1 Å². The molecule has 0 aromatic heterocycles. The number of rotatable bonds is 0. The van der Waals surface area contributed by atoms with Crippen molar-refractivity contribution in [3.63, 3.8) is 0 Å². The lowest BCUT2D eigenvalue weighted by atomic mass is 9.33. The highest BCUT2D eigenvalue weighted by Gasteiger charge is 2.69. The van der Waals surface area contributed by atoms with Crippen molar-refractivity contribution in [2.24, 2.45) is 50.2 Å². The average Bonchev–Trinajstić information content (AvgIpc) is 2.68. The van der Waals surface area contributed by atoms with Crippen LogP contribution in [-0.4, -0.2) is 17.0 Å². The Morgan fingerprint density at radius 2 is 1.56 bits per heavy atom. The fourth-order valence-electron chi connectivity index (χ4n) is 10.3. The molecule has 5 aliphatic carbocycles. The molecule has 180 valence electrons. The van der Waals surface area contributed by atoms with Gasteiger partial charge < -0.3 is 5.11 Å². The second-order valence-corrected chi connectivity index (χ2v) is 15.1. The summed E-state index contributed by atoms with van der Waals surface area (Å²) in [6.07, 6.45) is 12.2. The number of ketones is 1. The summed E-state index contributed by atoms with van der Waals surface area (Å²) >= 11 is 0. The minimum Gasteiger partial charge on any atom is -0.393 e. The number of carbonyl (C=O) groups is 1. The maximum absolute atomic E-state index is 13.9. The van der Waals surface area contributed by atoms with E-state index in [9.17, 15) is 9.90 Å². The maximum Gasteiger partial charge on any atom is 0.140 e.